The molecule has 1 spiro atoms. The summed E-state index contributed by atoms with van der Waals surface area (Å²) in [4.78, 5) is 24.5. The van der Waals surface area contributed by atoms with Crippen molar-refractivity contribution in [1.29, 1.82) is 0 Å². The summed E-state index contributed by atoms with van der Waals surface area (Å²) in [5, 5.41) is 14.9. The number of fused-ring (bicyclic) bond motifs is 2. The van der Waals surface area contributed by atoms with E-state index in [0.29, 0.717) is 29.0 Å². The topological polar surface area (TPSA) is 84.8 Å². The first-order chi connectivity index (χ1) is 15.9. The number of carbonyl (C=O) groups is 1. The number of nitrogens with zero attached hydrogens (tertiary/aromatic N) is 5. The minimum Gasteiger partial charge on any atom is -0.351 e. The Balaban J connectivity index is 1.45. The van der Waals surface area contributed by atoms with Crippen LogP contribution in [0, 0.1) is 18.7 Å². The molecule has 3 atom stereocenters. The standard InChI is InChI=1S/C21H26F3N6O2PS/c1-10-14-17(20(5-6-20)28(2)18(14)31)34-16(10)15-12(22)8-25-19(27-15)26-13-4-7-30(29(3)32)9-11(13)21(23,24)33/h8,11,13,32H,4-7,9,33H2,1-3H3,(H,25,26,27). The molecule has 3 aliphatic rings. The molecule has 3 unspecified atom stereocenters. The predicted molar refractivity (Wildman–Crippen MR) is 124 cm³/mol. The van der Waals surface area contributed by atoms with Gasteiger partial charge in [-0.2, -0.15) is 0 Å². The third-order valence-corrected chi connectivity index (χ3v) is 9.14. The van der Waals surface area contributed by atoms with Crippen molar-refractivity contribution >= 4 is 32.4 Å². The number of hydrogen-bond acceptors (Lipinski definition) is 8. The minimum absolute atomic E-state index is 0.0454. The monoisotopic (exact) mass is 514 g/mol. The van der Waals surface area contributed by atoms with Gasteiger partial charge in [0.1, 0.15) is 5.69 Å². The van der Waals surface area contributed by atoms with Crippen LogP contribution in [-0.2, 0) is 5.54 Å². The van der Waals surface area contributed by atoms with Gasteiger partial charge in [-0.05, 0) is 31.7 Å². The van der Waals surface area contributed by atoms with E-state index in [1.165, 1.54) is 23.4 Å². The lowest BCUT2D eigenvalue weighted by molar-refractivity contribution is -0.244. The van der Waals surface area contributed by atoms with Crippen LogP contribution in [0.4, 0.5) is 19.1 Å². The van der Waals surface area contributed by atoms with Crippen molar-refractivity contribution < 1.29 is 23.2 Å². The summed E-state index contributed by atoms with van der Waals surface area (Å²) in [5.74, 6) is -1.81. The molecule has 0 radical (unpaired) electrons. The van der Waals surface area contributed by atoms with Gasteiger partial charge in [0.2, 0.25) is 5.95 Å². The van der Waals surface area contributed by atoms with Gasteiger partial charge in [0.05, 0.1) is 28.1 Å². The Kier molecular flexibility index (Phi) is 5.68. The number of hydrogen-bond donors (Lipinski definition) is 2. The molecule has 2 aromatic heterocycles. The van der Waals surface area contributed by atoms with Crippen LogP contribution in [0.15, 0.2) is 6.20 Å². The fourth-order valence-electron chi connectivity index (χ4n) is 5.04. The second-order valence-corrected chi connectivity index (χ2v) is 11.1. The van der Waals surface area contributed by atoms with E-state index in [-0.39, 0.29) is 29.6 Å². The van der Waals surface area contributed by atoms with Crippen LogP contribution in [0.1, 0.15) is 40.1 Å². The summed E-state index contributed by atoms with van der Waals surface area (Å²) >= 11 is 1.37. The smallest absolute Gasteiger partial charge is 0.264 e. The van der Waals surface area contributed by atoms with Crippen molar-refractivity contribution in [3.05, 3.63) is 28.0 Å². The Morgan fingerprint density at radius 2 is 2.12 bits per heavy atom. The predicted octanol–water partition coefficient (Wildman–Crippen LogP) is 3.53. The van der Waals surface area contributed by atoms with Gasteiger partial charge in [-0.25, -0.2) is 28.1 Å². The van der Waals surface area contributed by atoms with Gasteiger partial charge < -0.3 is 10.2 Å². The summed E-state index contributed by atoms with van der Waals surface area (Å²) in [5.41, 5.74) is -2.03. The lowest BCUT2D eigenvalue weighted by Crippen LogP contribution is -2.55. The largest absolute Gasteiger partial charge is 0.351 e. The van der Waals surface area contributed by atoms with Crippen LogP contribution in [0.3, 0.4) is 0 Å². The molecule has 0 bridgehead atoms. The summed E-state index contributed by atoms with van der Waals surface area (Å²) in [6.45, 7) is 2.06. The summed E-state index contributed by atoms with van der Waals surface area (Å²) < 4.78 is 43.6. The Morgan fingerprint density at radius 1 is 1.41 bits per heavy atom. The number of anilines is 1. The first kappa shape index (κ1) is 23.9. The van der Waals surface area contributed by atoms with Crippen LogP contribution < -0.4 is 5.32 Å². The van der Waals surface area contributed by atoms with Crippen molar-refractivity contribution in [2.45, 2.75) is 43.4 Å². The molecule has 13 heteroatoms. The van der Waals surface area contributed by atoms with Gasteiger partial charge in [-0.1, -0.05) is 9.24 Å². The average Bonchev–Trinajstić information content (AvgIpc) is 3.47. The molecular weight excluding hydrogens is 488 g/mol. The van der Waals surface area contributed by atoms with E-state index in [1.807, 2.05) is 0 Å². The highest BCUT2D eigenvalue weighted by molar-refractivity contribution is 7.18. The molecule has 1 saturated heterocycles. The van der Waals surface area contributed by atoms with Crippen molar-refractivity contribution in [1.82, 2.24) is 25.0 Å². The highest BCUT2D eigenvalue weighted by atomic mass is 32.1. The molecule has 184 valence electrons. The van der Waals surface area contributed by atoms with Crippen LogP contribution in [-0.4, -0.2) is 75.1 Å². The Morgan fingerprint density at radius 3 is 2.74 bits per heavy atom. The lowest BCUT2D eigenvalue weighted by Gasteiger charge is -2.42. The number of amides is 1. The molecule has 2 N–H and O–H groups in total. The lowest BCUT2D eigenvalue weighted by atomic mass is 9.93. The van der Waals surface area contributed by atoms with E-state index < -0.39 is 23.4 Å². The zero-order chi connectivity index (χ0) is 24.6. The van der Waals surface area contributed by atoms with Gasteiger partial charge in [0.15, 0.2) is 5.82 Å². The zero-order valence-electron chi connectivity index (χ0n) is 19.0. The molecule has 2 aromatic rings. The Bertz CT molecular complexity index is 1150. The van der Waals surface area contributed by atoms with E-state index in [4.69, 9.17) is 0 Å². The van der Waals surface area contributed by atoms with Gasteiger partial charge >= 0.3 is 0 Å². The third-order valence-electron chi connectivity index (χ3n) is 7.22. The van der Waals surface area contributed by atoms with Gasteiger partial charge in [0, 0.05) is 38.1 Å². The van der Waals surface area contributed by atoms with Crippen LogP contribution in [0.5, 0.6) is 0 Å². The molecule has 5 rings (SSSR count). The number of hydroxylamine groups is 1. The minimum atomic E-state index is -3.11. The second-order valence-electron chi connectivity index (χ2n) is 9.27. The molecule has 1 saturated carbocycles. The highest BCUT2D eigenvalue weighted by Crippen LogP contribution is 2.60. The molecule has 34 heavy (non-hydrogen) atoms. The number of hydrazine groups is 1. The van der Waals surface area contributed by atoms with Crippen molar-refractivity contribution in [2.24, 2.45) is 5.92 Å². The first-order valence-electron chi connectivity index (χ1n) is 11.0. The van der Waals surface area contributed by atoms with E-state index >= 15 is 0 Å². The molecule has 4 heterocycles. The quantitative estimate of drug-likeness (QED) is 0.467. The van der Waals surface area contributed by atoms with E-state index in [0.717, 1.165) is 29.1 Å². The molecule has 8 nitrogen and oxygen atoms in total. The van der Waals surface area contributed by atoms with E-state index in [2.05, 4.69) is 15.3 Å². The molecule has 2 aliphatic heterocycles. The number of aromatic nitrogens is 2. The third kappa shape index (κ3) is 3.71. The van der Waals surface area contributed by atoms with Crippen molar-refractivity contribution in [3.8, 4) is 10.6 Å². The molecular formula is C21H26F3N6O2PS. The molecule has 1 aliphatic carbocycles. The Labute approximate surface area is 201 Å². The summed E-state index contributed by atoms with van der Waals surface area (Å²) in [6, 6.07) is -0.693. The normalized spacial score (nSPS) is 24.3. The molecule has 2 fully saturated rings. The van der Waals surface area contributed by atoms with Crippen LogP contribution >= 0.6 is 20.6 Å². The van der Waals surface area contributed by atoms with E-state index in [9.17, 15) is 23.2 Å². The highest BCUT2D eigenvalue weighted by Gasteiger charge is 2.58. The maximum absolute atomic E-state index is 14.9. The first-order valence-corrected chi connectivity index (χ1v) is 12.4. The molecule has 0 aromatic carbocycles. The maximum Gasteiger partial charge on any atom is 0.264 e. The Hall–Kier alpha value is -1.85. The van der Waals surface area contributed by atoms with Crippen molar-refractivity contribution in [2.75, 3.05) is 32.5 Å². The number of alkyl halides is 2. The number of nitrogens with one attached hydrogen (secondary N) is 1. The number of rotatable bonds is 5. The van der Waals surface area contributed by atoms with Crippen molar-refractivity contribution in [3.63, 3.8) is 0 Å². The van der Waals surface area contributed by atoms with Gasteiger partial charge in [0.25, 0.3) is 11.6 Å². The SMILES string of the molecule is Cc1c(-c2nc(NC3CCN(N(C)O)CC3C(F)(F)P)ncc2F)sc2c1C(=O)N(C)C21CC1. The van der Waals surface area contributed by atoms with Crippen LogP contribution in [0.2, 0.25) is 0 Å². The number of carbonyl (C=O) groups excluding carboxylic acids is 1. The van der Waals surface area contributed by atoms with Gasteiger partial charge in [-0.3, -0.25) is 10.0 Å². The van der Waals surface area contributed by atoms with E-state index in [1.54, 1.807) is 28.1 Å². The molecule has 1 amide bonds. The van der Waals surface area contributed by atoms with Crippen LogP contribution in [0.25, 0.3) is 10.6 Å². The number of halogens is 3. The zero-order valence-corrected chi connectivity index (χ0v) is 20.9. The number of thiophene rings is 1. The fourth-order valence-corrected chi connectivity index (χ4v) is 6.95. The van der Waals surface area contributed by atoms with Gasteiger partial charge in [-0.15, -0.1) is 16.5 Å². The second kappa shape index (κ2) is 8.09. The maximum atomic E-state index is 14.9. The fraction of sp³-hybridized carbons (Fsp3) is 0.571. The average molecular weight is 515 g/mol. The number of piperidine rings is 1. The summed E-state index contributed by atoms with van der Waals surface area (Å²) in [6.07, 6.45) is 3.09. The summed E-state index contributed by atoms with van der Waals surface area (Å²) in [7, 11) is 4.75.